The molecule has 3 saturated carbocycles. The molecule has 0 aromatic carbocycles. The van der Waals surface area contributed by atoms with Crippen molar-refractivity contribution in [1.82, 2.24) is 19.1 Å². The minimum atomic E-state index is -4.70. The van der Waals surface area contributed by atoms with Gasteiger partial charge in [-0.2, -0.15) is 13.2 Å². The van der Waals surface area contributed by atoms with Crippen LogP contribution >= 0.6 is 0 Å². The molecule has 0 spiro atoms. The molecule has 3 N–H and O–H groups in total. The molecule has 0 radical (unpaired) electrons. The number of anilines is 1. The third-order valence-corrected chi connectivity index (χ3v) is 8.15. The third kappa shape index (κ3) is 3.34. The number of nitrogens with zero attached hydrogens (tertiary/aromatic N) is 4. The van der Waals surface area contributed by atoms with Gasteiger partial charge in [0.15, 0.2) is 5.69 Å². The Morgan fingerprint density at radius 3 is 2.64 bits per heavy atom. The van der Waals surface area contributed by atoms with E-state index in [2.05, 4.69) is 19.5 Å². The summed E-state index contributed by atoms with van der Waals surface area (Å²) in [5, 5.41) is 0. The number of nitrogen functional groups attached to an aromatic ring is 1. The molecule has 0 aliphatic heterocycles. The summed E-state index contributed by atoms with van der Waals surface area (Å²) in [6, 6.07) is 4.46. The molecule has 6 rings (SSSR count). The van der Waals surface area contributed by atoms with Crippen LogP contribution in [0.3, 0.4) is 0 Å². The number of sulfonamides is 1. The maximum atomic E-state index is 13.3. The van der Waals surface area contributed by atoms with Crippen molar-refractivity contribution in [3.8, 4) is 11.3 Å². The Morgan fingerprint density at radius 1 is 1.27 bits per heavy atom. The van der Waals surface area contributed by atoms with Crippen LogP contribution in [0.1, 0.15) is 37.1 Å². The summed E-state index contributed by atoms with van der Waals surface area (Å²) in [7, 11) is -3.96. The van der Waals surface area contributed by atoms with Crippen molar-refractivity contribution >= 4 is 21.4 Å². The van der Waals surface area contributed by atoms with Gasteiger partial charge in [0.1, 0.15) is 10.7 Å². The van der Waals surface area contributed by atoms with Gasteiger partial charge in [0.05, 0.1) is 11.2 Å². The van der Waals surface area contributed by atoms with Crippen LogP contribution in [-0.4, -0.2) is 33.9 Å². The number of nitrogens with one attached hydrogen (secondary N) is 1. The minimum absolute atomic E-state index is 0.0993. The van der Waals surface area contributed by atoms with Gasteiger partial charge in [-0.25, -0.2) is 24.7 Å². The van der Waals surface area contributed by atoms with E-state index in [4.69, 9.17) is 12.3 Å². The average Bonchev–Trinajstić information content (AvgIpc) is 3.38. The molecule has 3 fully saturated rings. The molecule has 33 heavy (non-hydrogen) atoms. The van der Waals surface area contributed by atoms with Crippen LogP contribution < -0.4 is 10.5 Å². The fourth-order valence-corrected chi connectivity index (χ4v) is 6.45. The summed E-state index contributed by atoms with van der Waals surface area (Å²) in [5.74, 6) is -0.291. The molecule has 2 bridgehead atoms. The Hall–Kier alpha value is -3.17. The van der Waals surface area contributed by atoms with Crippen molar-refractivity contribution in [3.63, 3.8) is 0 Å². The normalized spacial score (nSPS) is 24.6. The predicted octanol–water partition coefficient (Wildman–Crippen LogP) is 3.57. The molecule has 172 valence electrons. The minimum Gasteiger partial charge on any atom is -0.382 e. The van der Waals surface area contributed by atoms with Crippen LogP contribution in [0.2, 0.25) is 0 Å². The first-order valence-corrected chi connectivity index (χ1v) is 11.6. The Morgan fingerprint density at radius 2 is 2.00 bits per heavy atom. The molecule has 0 unspecified atom stereocenters. The molecule has 12 heteroatoms. The average molecular weight is 476 g/mol. The van der Waals surface area contributed by atoms with Crippen molar-refractivity contribution in [2.45, 2.75) is 54.8 Å². The lowest BCUT2D eigenvalue weighted by Crippen LogP contribution is -2.57. The van der Waals surface area contributed by atoms with Gasteiger partial charge in [-0.1, -0.05) is 0 Å². The van der Waals surface area contributed by atoms with Gasteiger partial charge < -0.3 is 15.0 Å². The number of nitrogens with two attached hydrogens (primary N) is 1. The zero-order valence-corrected chi connectivity index (χ0v) is 18.3. The van der Waals surface area contributed by atoms with E-state index in [1.807, 2.05) is 0 Å². The quantitative estimate of drug-likeness (QED) is 0.560. The van der Waals surface area contributed by atoms with Gasteiger partial charge in [0.25, 0.3) is 0 Å². The Labute approximate surface area is 187 Å². The lowest BCUT2D eigenvalue weighted by Gasteiger charge is -2.39. The number of alkyl halides is 3. The third-order valence-electron chi connectivity index (χ3n) is 6.60. The number of hydrogen-bond acceptors (Lipinski definition) is 5. The summed E-state index contributed by atoms with van der Waals surface area (Å²) in [6.07, 6.45) is -0.443. The smallest absolute Gasteiger partial charge is 0.382 e. The fourth-order valence-electron chi connectivity index (χ4n) is 5.05. The number of aromatic nitrogens is 3. The van der Waals surface area contributed by atoms with Crippen molar-refractivity contribution in [1.29, 1.82) is 0 Å². The molecule has 0 saturated heterocycles. The number of hydrogen-bond donors (Lipinski definition) is 2. The van der Waals surface area contributed by atoms with Crippen LogP contribution in [0.4, 0.5) is 19.0 Å². The maximum absolute atomic E-state index is 13.3. The highest BCUT2D eigenvalue weighted by Crippen LogP contribution is 2.58. The van der Waals surface area contributed by atoms with Crippen molar-refractivity contribution < 1.29 is 21.6 Å². The summed E-state index contributed by atoms with van der Waals surface area (Å²) < 4.78 is 70.1. The van der Waals surface area contributed by atoms with Gasteiger partial charge >= 0.3 is 6.18 Å². The van der Waals surface area contributed by atoms with Crippen LogP contribution in [-0.2, 0) is 16.2 Å². The second kappa shape index (κ2) is 6.68. The van der Waals surface area contributed by atoms with Gasteiger partial charge in [0, 0.05) is 48.5 Å². The molecular formula is C21H19F3N6O2S. The van der Waals surface area contributed by atoms with E-state index in [9.17, 15) is 21.6 Å². The number of rotatable bonds is 4. The van der Waals surface area contributed by atoms with Crippen molar-refractivity contribution in [2.24, 2.45) is 0 Å². The fraction of sp³-hybridized carbons (Fsp3) is 0.381. The molecule has 3 aromatic heterocycles. The summed E-state index contributed by atoms with van der Waals surface area (Å²) in [6.45, 7) is 8.97. The lowest BCUT2D eigenvalue weighted by molar-refractivity contribution is -0.141. The Balaban J connectivity index is 1.56. The number of fused-ring (bicyclic) bond motifs is 2. The van der Waals surface area contributed by atoms with Crippen LogP contribution in [0.15, 0.2) is 35.5 Å². The molecule has 8 nitrogen and oxygen atoms in total. The molecule has 3 aliphatic carbocycles. The van der Waals surface area contributed by atoms with E-state index in [0.29, 0.717) is 42.6 Å². The summed E-state index contributed by atoms with van der Waals surface area (Å²) in [5.41, 5.74) is 4.85. The summed E-state index contributed by atoms with van der Waals surface area (Å²) >= 11 is 0. The molecule has 0 amide bonds. The largest absolute Gasteiger partial charge is 0.434 e. The number of aryl methyl sites for hydroxylation is 1. The highest BCUT2D eigenvalue weighted by molar-refractivity contribution is 7.89. The van der Waals surface area contributed by atoms with Crippen molar-refractivity contribution in [2.75, 3.05) is 5.73 Å². The van der Waals surface area contributed by atoms with Crippen LogP contribution in [0.5, 0.6) is 0 Å². The predicted molar refractivity (Wildman–Crippen MR) is 113 cm³/mol. The van der Waals surface area contributed by atoms with E-state index in [-0.39, 0.29) is 16.2 Å². The van der Waals surface area contributed by atoms with E-state index < -0.39 is 33.0 Å². The zero-order chi connectivity index (χ0) is 23.8. The first-order chi connectivity index (χ1) is 15.4. The van der Waals surface area contributed by atoms with E-state index in [1.54, 1.807) is 13.0 Å². The number of pyridine rings is 1. The van der Waals surface area contributed by atoms with Crippen LogP contribution in [0.25, 0.3) is 21.6 Å². The monoisotopic (exact) mass is 476 g/mol. The number of halogens is 3. The highest BCUT2D eigenvalue weighted by atomic mass is 32.2. The van der Waals surface area contributed by atoms with E-state index in [1.165, 1.54) is 22.7 Å². The van der Waals surface area contributed by atoms with Crippen LogP contribution in [0, 0.1) is 13.5 Å². The summed E-state index contributed by atoms with van der Waals surface area (Å²) in [4.78, 5) is 11.2. The Bertz CT molecular complexity index is 1450. The molecular weight excluding hydrogens is 457 g/mol. The first kappa shape index (κ1) is 21.7. The van der Waals surface area contributed by atoms with E-state index in [0.717, 1.165) is 6.20 Å². The first-order valence-electron chi connectivity index (χ1n) is 10.1. The topological polar surface area (TPSA) is 107 Å². The highest BCUT2D eigenvalue weighted by Gasteiger charge is 2.67. The second-order valence-electron chi connectivity index (χ2n) is 8.86. The second-order valence-corrected chi connectivity index (χ2v) is 10.5. The standard InChI is InChI=1S/C21H19F3N6O2S/c1-12-14(15-3-4-16-18(25)28-17(9-30(15)16)21(22,23)24)7-13(8-27-12)33(31,32)29-20-6-5-19(10-20,11-20)26-2/h3-4,7-9,29H,5-6,10-11H2,1H3,(H2,25,28). The molecule has 3 heterocycles. The van der Waals surface area contributed by atoms with E-state index >= 15 is 0 Å². The van der Waals surface area contributed by atoms with Gasteiger partial charge in [-0.15, -0.1) is 0 Å². The van der Waals surface area contributed by atoms with Gasteiger partial charge in [-0.05, 0) is 31.5 Å². The van der Waals surface area contributed by atoms with Crippen molar-refractivity contribution in [3.05, 3.63) is 53.4 Å². The van der Waals surface area contributed by atoms with Gasteiger partial charge in [-0.3, -0.25) is 4.98 Å². The lowest BCUT2D eigenvalue weighted by atomic mass is 9.72. The molecule has 0 atom stereocenters. The SMILES string of the molecule is [C-]#[N+]C12CCC(NS(=O)(=O)c3cnc(C)c(-c4ccc5c(N)nc(C(F)(F)F)cn45)c3)(C1)C2. The zero-order valence-electron chi connectivity index (χ0n) is 17.4. The Kier molecular flexibility index (Phi) is 4.38. The van der Waals surface area contributed by atoms with Gasteiger partial charge in [0.2, 0.25) is 15.6 Å². The molecule has 3 aromatic rings. The maximum Gasteiger partial charge on any atom is 0.434 e. The molecule has 3 aliphatic rings.